The highest BCUT2D eigenvalue weighted by atomic mass is 32.2. The third kappa shape index (κ3) is 2.53. The van der Waals surface area contributed by atoms with E-state index in [2.05, 4.69) is 4.98 Å². The third-order valence-electron chi connectivity index (χ3n) is 2.86. The second kappa shape index (κ2) is 4.89. The van der Waals surface area contributed by atoms with E-state index in [1.54, 1.807) is 37.4 Å². The van der Waals surface area contributed by atoms with Crippen LogP contribution in [-0.2, 0) is 10.0 Å². The zero-order valence-corrected chi connectivity index (χ0v) is 11.6. The van der Waals surface area contributed by atoms with Crippen molar-refractivity contribution in [2.75, 3.05) is 17.1 Å². The molecule has 0 radical (unpaired) electrons. The zero-order chi connectivity index (χ0) is 14.0. The number of nitrogens with zero attached hydrogens (tertiary/aromatic N) is 2. The van der Waals surface area contributed by atoms with Gasteiger partial charge in [-0.2, -0.15) is 0 Å². The van der Waals surface area contributed by atoms with Crippen molar-refractivity contribution in [3.63, 3.8) is 0 Å². The first kappa shape index (κ1) is 13.4. The van der Waals surface area contributed by atoms with Crippen LogP contribution in [0.15, 0.2) is 47.6 Å². The van der Waals surface area contributed by atoms with Gasteiger partial charge in [-0.1, -0.05) is 6.07 Å². The molecule has 2 aromatic rings. The van der Waals surface area contributed by atoms with Crippen molar-refractivity contribution >= 4 is 21.4 Å². The molecule has 19 heavy (non-hydrogen) atoms. The number of nitrogens with two attached hydrogens (primary N) is 1. The molecular formula is C13H15N3O2S. The average molecular weight is 277 g/mol. The predicted molar refractivity (Wildman–Crippen MR) is 75.4 cm³/mol. The van der Waals surface area contributed by atoms with E-state index in [1.165, 1.54) is 23.6 Å². The van der Waals surface area contributed by atoms with Gasteiger partial charge >= 0.3 is 0 Å². The molecule has 0 bridgehead atoms. The molecule has 1 heterocycles. The van der Waals surface area contributed by atoms with Gasteiger partial charge in [0.25, 0.3) is 10.0 Å². The van der Waals surface area contributed by atoms with Gasteiger partial charge in [0.05, 0.1) is 16.8 Å². The molecule has 1 aromatic heterocycles. The summed E-state index contributed by atoms with van der Waals surface area (Å²) in [5.74, 6) is 0. The molecule has 0 amide bonds. The first-order valence-corrected chi connectivity index (χ1v) is 7.12. The van der Waals surface area contributed by atoms with Crippen LogP contribution in [0.3, 0.4) is 0 Å². The maximum atomic E-state index is 12.5. The van der Waals surface area contributed by atoms with Crippen LogP contribution < -0.4 is 10.0 Å². The van der Waals surface area contributed by atoms with Gasteiger partial charge in [0.15, 0.2) is 0 Å². The van der Waals surface area contributed by atoms with Gasteiger partial charge < -0.3 is 5.73 Å². The van der Waals surface area contributed by atoms with Crippen LogP contribution in [0.5, 0.6) is 0 Å². The summed E-state index contributed by atoms with van der Waals surface area (Å²) >= 11 is 0. The second-order valence-electron chi connectivity index (χ2n) is 4.21. The van der Waals surface area contributed by atoms with Gasteiger partial charge in [-0.05, 0) is 36.8 Å². The van der Waals surface area contributed by atoms with E-state index in [-0.39, 0.29) is 4.90 Å². The maximum absolute atomic E-state index is 12.5. The quantitative estimate of drug-likeness (QED) is 0.868. The van der Waals surface area contributed by atoms with Crippen molar-refractivity contribution in [2.24, 2.45) is 0 Å². The van der Waals surface area contributed by atoms with Crippen LogP contribution in [-0.4, -0.2) is 20.4 Å². The fourth-order valence-corrected chi connectivity index (χ4v) is 3.16. The molecule has 100 valence electrons. The summed E-state index contributed by atoms with van der Waals surface area (Å²) < 4.78 is 26.3. The Kier molecular flexibility index (Phi) is 3.44. The minimum Gasteiger partial charge on any atom is -0.399 e. The van der Waals surface area contributed by atoms with Crippen LogP contribution in [0.25, 0.3) is 0 Å². The lowest BCUT2D eigenvalue weighted by Gasteiger charge is -2.20. The molecule has 0 aliphatic rings. The monoisotopic (exact) mass is 277 g/mol. The normalized spacial score (nSPS) is 11.3. The van der Waals surface area contributed by atoms with Gasteiger partial charge in [-0.3, -0.25) is 9.29 Å². The molecule has 0 spiro atoms. The maximum Gasteiger partial charge on any atom is 0.264 e. The zero-order valence-electron chi connectivity index (χ0n) is 10.7. The summed E-state index contributed by atoms with van der Waals surface area (Å²) in [6.45, 7) is 1.74. The van der Waals surface area contributed by atoms with Crippen molar-refractivity contribution in [2.45, 2.75) is 11.8 Å². The number of rotatable bonds is 3. The Morgan fingerprint density at radius 3 is 2.63 bits per heavy atom. The molecule has 5 nitrogen and oxygen atoms in total. The first-order valence-electron chi connectivity index (χ1n) is 5.68. The molecule has 0 saturated carbocycles. The van der Waals surface area contributed by atoms with E-state index in [1.807, 2.05) is 0 Å². The fraction of sp³-hybridized carbons (Fsp3) is 0.154. The molecule has 0 unspecified atom stereocenters. The molecule has 0 aliphatic heterocycles. The summed E-state index contributed by atoms with van der Waals surface area (Å²) in [6, 6.07) is 8.22. The number of hydrogen-bond acceptors (Lipinski definition) is 4. The molecule has 2 N–H and O–H groups in total. The van der Waals surface area contributed by atoms with E-state index in [0.717, 1.165) is 0 Å². The topological polar surface area (TPSA) is 76.3 Å². The smallest absolute Gasteiger partial charge is 0.264 e. The van der Waals surface area contributed by atoms with Crippen LogP contribution in [0.4, 0.5) is 11.4 Å². The highest BCUT2D eigenvalue weighted by Gasteiger charge is 2.23. The first-order chi connectivity index (χ1) is 8.93. The van der Waals surface area contributed by atoms with Crippen molar-refractivity contribution in [1.29, 1.82) is 0 Å². The minimum absolute atomic E-state index is 0.207. The van der Waals surface area contributed by atoms with Crippen molar-refractivity contribution in [3.05, 3.63) is 48.3 Å². The molecule has 0 saturated heterocycles. The SMILES string of the molecule is Cc1ccc(N)cc1S(=O)(=O)N(C)c1cccnc1. The Bertz CT molecular complexity index is 684. The van der Waals surface area contributed by atoms with Crippen LogP contribution >= 0.6 is 0 Å². The van der Waals surface area contributed by atoms with Crippen molar-refractivity contribution < 1.29 is 8.42 Å². The van der Waals surface area contributed by atoms with E-state index in [4.69, 9.17) is 5.73 Å². The summed E-state index contributed by atoms with van der Waals surface area (Å²) in [7, 11) is -2.14. The number of sulfonamides is 1. The summed E-state index contributed by atoms with van der Waals surface area (Å²) in [4.78, 5) is 4.13. The van der Waals surface area contributed by atoms with Gasteiger partial charge in [0, 0.05) is 18.9 Å². The molecule has 2 rings (SSSR count). The lowest BCUT2D eigenvalue weighted by Crippen LogP contribution is -2.27. The molecule has 0 fully saturated rings. The van der Waals surface area contributed by atoms with E-state index < -0.39 is 10.0 Å². The number of pyridine rings is 1. The minimum atomic E-state index is -3.63. The molecule has 0 aliphatic carbocycles. The van der Waals surface area contributed by atoms with Gasteiger partial charge in [0.2, 0.25) is 0 Å². The van der Waals surface area contributed by atoms with E-state index in [0.29, 0.717) is 16.9 Å². The van der Waals surface area contributed by atoms with Crippen molar-refractivity contribution in [3.8, 4) is 0 Å². The molecule has 0 atom stereocenters. The Hall–Kier alpha value is -2.08. The van der Waals surface area contributed by atoms with Gasteiger partial charge in [-0.15, -0.1) is 0 Å². The van der Waals surface area contributed by atoms with Crippen molar-refractivity contribution in [1.82, 2.24) is 4.98 Å². The Morgan fingerprint density at radius 2 is 2.00 bits per heavy atom. The third-order valence-corrected chi connectivity index (χ3v) is 4.79. The lowest BCUT2D eigenvalue weighted by molar-refractivity contribution is 0.594. The highest BCUT2D eigenvalue weighted by molar-refractivity contribution is 7.92. The van der Waals surface area contributed by atoms with Gasteiger partial charge in [0.1, 0.15) is 0 Å². The highest BCUT2D eigenvalue weighted by Crippen LogP contribution is 2.25. The van der Waals surface area contributed by atoms with Crippen LogP contribution in [0.2, 0.25) is 0 Å². The summed E-state index contributed by atoms with van der Waals surface area (Å²) in [5, 5.41) is 0. The number of aromatic nitrogens is 1. The number of hydrogen-bond donors (Lipinski definition) is 1. The fourth-order valence-electron chi connectivity index (χ4n) is 1.72. The Balaban J connectivity index is 2.51. The molecular weight excluding hydrogens is 262 g/mol. The van der Waals surface area contributed by atoms with E-state index >= 15 is 0 Å². The average Bonchev–Trinajstić information content (AvgIpc) is 2.41. The number of benzene rings is 1. The number of anilines is 2. The van der Waals surface area contributed by atoms with Crippen LogP contribution in [0, 0.1) is 6.92 Å². The standard InChI is InChI=1S/C13H15N3O2S/c1-10-5-6-11(14)8-13(10)19(17,18)16(2)12-4-3-7-15-9-12/h3-9H,14H2,1-2H3. The Morgan fingerprint density at radius 1 is 1.26 bits per heavy atom. The number of aryl methyl sites for hydroxylation is 1. The van der Waals surface area contributed by atoms with E-state index in [9.17, 15) is 8.42 Å². The van der Waals surface area contributed by atoms with Crippen LogP contribution in [0.1, 0.15) is 5.56 Å². The number of nitrogen functional groups attached to an aromatic ring is 1. The predicted octanol–water partition coefficient (Wildman–Crippen LogP) is 1.80. The van der Waals surface area contributed by atoms with Gasteiger partial charge in [-0.25, -0.2) is 8.42 Å². The second-order valence-corrected chi connectivity index (χ2v) is 6.15. The summed E-state index contributed by atoms with van der Waals surface area (Å²) in [5.41, 5.74) is 7.25. The largest absolute Gasteiger partial charge is 0.399 e. The Labute approximate surface area is 112 Å². The molecule has 6 heteroatoms. The summed E-state index contributed by atoms with van der Waals surface area (Å²) in [6.07, 6.45) is 3.09. The lowest BCUT2D eigenvalue weighted by atomic mass is 10.2. The molecule has 1 aromatic carbocycles.